The van der Waals surface area contributed by atoms with Gasteiger partial charge in [-0.3, -0.25) is 14.3 Å². The van der Waals surface area contributed by atoms with Crippen LogP contribution in [0.4, 0.5) is 11.4 Å². The van der Waals surface area contributed by atoms with Gasteiger partial charge in [-0.25, -0.2) is 0 Å². The second-order valence-electron chi connectivity index (χ2n) is 4.68. The van der Waals surface area contributed by atoms with Crippen LogP contribution < -0.4 is 10.6 Å². The molecule has 1 heterocycles. The molecule has 0 saturated carbocycles. The summed E-state index contributed by atoms with van der Waals surface area (Å²) >= 11 is 0. The third-order valence-corrected chi connectivity index (χ3v) is 2.86. The molecule has 7 heteroatoms. The maximum Gasteiger partial charge on any atom is 0.226 e. The summed E-state index contributed by atoms with van der Waals surface area (Å²) in [5, 5.41) is 13.0. The van der Waals surface area contributed by atoms with E-state index in [1.807, 2.05) is 13.0 Å². The fourth-order valence-corrected chi connectivity index (χ4v) is 1.86. The van der Waals surface area contributed by atoms with Crippen molar-refractivity contribution < 1.29 is 9.59 Å². The van der Waals surface area contributed by atoms with Gasteiger partial charge >= 0.3 is 0 Å². The van der Waals surface area contributed by atoms with Gasteiger partial charge in [-0.1, -0.05) is 5.21 Å². The molecule has 0 aliphatic carbocycles. The molecule has 0 saturated heterocycles. The predicted molar refractivity (Wildman–Crippen MR) is 78.8 cm³/mol. The summed E-state index contributed by atoms with van der Waals surface area (Å²) in [6.45, 7) is 3.81. The number of rotatable bonds is 5. The van der Waals surface area contributed by atoms with Crippen molar-refractivity contribution in [2.45, 2.75) is 26.8 Å². The molecule has 2 rings (SSSR count). The number of carbonyl (C=O) groups is 2. The van der Waals surface area contributed by atoms with Crippen LogP contribution in [0.5, 0.6) is 0 Å². The molecule has 110 valence electrons. The molecule has 1 aromatic heterocycles. The lowest BCUT2D eigenvalue weighted by Gasteiger charge is -2.10. The van der Waals surface area contributed by atoms with E-state index in [0.29, 0.717) is 18.7 Å². The number of hydrogen-bond donors (Lipinski definition) is 2. The molecule has 1 aromatic carbocycles. The molecule has 2 amide bonds. The Balaban J connectivity index is 1.91. The molecule has 0 bridgehead atoms. The first kappa shape index (κ1) is 14.7. The molecular formula is C14H17N5O2. The Morgan fingerprint density at radius 1 is 1.29 bits per heavy atom. The normalized spacial score (nSPS) is 10.2. The highest BCUT2D eigenvalue weighted by molar-refractivity contribution is 5.92. The lowest BCUT2D eigenvalue weighted by molar-refractivity contribution is -0.116. The fraction of sp³-hybridized carbons (Fsp3) is 0.286. The molecule has 2 aromatic rings. The first-order valence-corrected chi connectivity index (χ1v) is 6.57. The highest BCUT2D eigenvalue weighted by atomic mass is 16.2. The van der Waals surface area contributed by atoms with Gasteiger partial charge < -0.3 is 10.6 Å². The summed E-state index contributed by atoms with van der Waals surface area (Å²) in [6.07, 6.45) is 3.59. The van der Waals surface area contributed by atoms with E-state index in [4.69, 9.17) is 0 Å². The SMILES string of the molecule is CC(=O)Nc1ccc(NC(=O)CCn2ccnn2)cc1C. The number of hydrogen-bond acceptors (Lipinski definition) is 4. The van der Waals surface area contributed by atoms with Crippen LogP contribution in [0.2, 0.25) is 0 Å². The van der Waals surface area contributed by atoms with E-state index in [1.54, 1.807) is 29.2 Å². The van der Waals surface area contributed by atoms with Crippen LogP contribution in [0, 0.1) is 6.92 Å². The van der Waals surface area contributed by atoms with Crippen molar-refractivity contribution in [3.63, 3.8) is 0 Å². The standard InChI is InChI=1S/C14H17N5O2/c1-10-9-12(3-4-13(10)16-11(2)20)17-14(21)5-7-19-8-6-15-18-19/h3-4,6,8-9H,5,7H2,1-2H3,(H,16,20)(H,17,21). The van der Waals surface area contributed by atoms with Crippen LogP contribution in [0.25, 0.3) is 0 Å². The molecule has 0 fully saturated rings. The van der Waals surface area contributed by atoms with Crippen molar-refractivity contribution in [1.82, 2.24) is 15.0 Å². The van der Waals surface area contributed by atoms with E-state index in [0.717, 1.165) is 11.3 Å². The number of nitrogens with one attached hydrogen (secondary N) is 2. The molecule has 21 heavy (non-hydrogen) atoms. The van der Waals surface area contributed by atoms with Crippen molar-refractivity contribution in [1.29, 1.82) is 0 Å². The summed E-state index contributed by atoms with van der Waals surface area (Å²) in [5.41, 5.74) is 2.33. The second-order valence-corrected chi connectivity index (χ2v) is 4.68. The monoisotopic (exact) mass is 287 g/mol. The lowest BCUT2D eigenvalue weighted by Crippen LogP contribution is -2.15. The quantitative estimate of drug-likeness (QED) is 0.873. The van der Waals surface area contributed by atoms with Crippen LogP contribution in [0.15, 0.2) is 30.6 Å². The Morgan fingerprint density at radius 3 is 2.71 bits per heavy atom. The number of amides is 2. The number of aromatic nitrogens is 3. The minimum atomic E-state index is -0.122. The average molecular weight is 287 g/mol. The molecule has 0 radical (unpaired) electrons. The van der Waals surface area contributed by atoms with Gasteiger partial charge in [0.05, 0.1) is 12.7 Å². The molecule has 0 spiro atoms. The molecular weight excluding hydrogens is 270 g/mol. The summed E-state index contributed by atoms with van der Waals surface area (Å²) < 4.78 is 1.60. The third kappa shape index (κ3) is 4.41. The zero-order valence-electron chi connectivity index (χ0n) is 12.0. The van der Waals surface area contributed by atoms with Crippen LogP contribution in [0.1, 0.15) is 18.9 Å². The van der Waals surface area contributed by atoms with Crippen molar-refractivity contribution in [3.05, 3.63) is 36.2 Å². The Bertz CT molecular complexity index is 637. The molecule has 0 aliphatic heterocycles. The molecule has 2 N–H and O–H groups in total. The Labute approximate surface area is 122 Å². The van der Waals surface area contributed by atoms with Gasteiger partial charge in [0.1, 0.15) is 0 Å². The van der Waals surface area contributed by atoms with Gasteiger partial charge in [0.2, 0.25) is 11.8 Å². The van der Waals surface area contributed by atoms with Crippen LogP contribution in [-0.4, -0.2) is 26.8 Å². The highest BCUT2D eigenvalue weighted by Gasteiger charge is 2.06. The molecule has 7 nitrogen and oxygen atoms in total. The average Bonchev–Trinajstić information content (AvgIpc) is 2.92. The Kier molecular flexibility index (Phi) is 4.65. The van der Waals surface area contributed by atoms with E-state index in [2.05, 4.69) is 20.9 Å². The predicted octanol–water partition coefficient (Wildman–Crippen LogP) is 1.57. The number of carbonyl (C=O) groups excluding carboxylic acids is 2. The smallest absolute Gasteiger partial charge is 0.226 e. The molecule has 0 atom stereocenters. The number of benzene rings is 1. The van der Waals surface area contributed by atoms with Crippen LogP contribution in [-0.2, 0) is 16.1 Å². The van der Waals surface area contributed by atoms with E-state index in [-0.39, 0.29) is 11.8 Å². The number of aryl methyl sites for hydroxylation is 2. The van der Waals surface area contributed by atoms with Gasteiger partial charge in [0.25, 0.3) is 0 Å². The van der Waals surface area contributed by atoms with Crippen LogP contribution in [0.3, 0.4) is 0 Å². The van der Waals surface area contributed by atoms with E-state index in [1.165, 1.54) is 6.92 Å². The largest absolute Gasteiger partial charge is 0.326 e. The zero-order valence-corrected chi connectivity index (χ0v) is 12.0. The van der Waals surface area contributed by atoms with Crippen molar-refractivity contribution in [2.75, 3.05) is 10.6 Å². The third-order valence-electron chi connectivity index (χ3n) is 2.86. The van der Waals surface area contributed by atoms with Crippen molar-refractivity contribution >= 4 is 23.2 Å². The van der Waals surface area contributed by atoms with Crippen LogP contribution >= 0.6 is 0 Å². The number of anilines is 2. The van der Waals surface area contributed by atoms with E-state index in [9.17, 15) is 9.59 Å². The number of nitrogens with zero attached hydrogens (tertiary/aromatic N) is 3. The second kappa shape index (κ2) is 6.65. The van der Waals surface area contributed by atoms with Crippen molar-refractivity contribution in [2.24, 2.45) is 0 Å². The topological polar surface area (TPSA) is 88.9 Å². The summed E-state index contributed by atoms with van der Waals surface area (Å²) in [6, 6.07) is 5.34. The Hall–Kier alpha value is -2.70. The summed E-state index contributed by atoms with van der Waals surface area (Å²) in [7, 11) is 0. The van der Waals surface area contributed by atoms with Gasteiger partial charge in [0, 0.05) is 30.9 Å². The maximum atomic E-state index is 11.8. The summed E-state index contributed by atoms with van der Waals surface area (Å²) in [5.74, 6) is -0.222. The molecule has 0 unspecified atom stereocenters. The first-order valence-electron chi connectivity index (χ1n) is 6.57. The lowest BCUT2D eigenvalue weighted by atomic mass is 10.1. The van der Waals surface area contributed by atoms with E-state index < -0.39 is 0 Å². The van der Waals surface area contributed by atoms with Gasteiger partial charge in [-0.2, -0.15) is 0 Å². The van der Waals surface area contributed by atoms with Gasteiger partial charge in [-0.05, 0) is 30.7 Å². The summed E-state index contributed by atoms with van der Waals surface area (Å²) in [4.78, 5) is 22.9. The first-order chi connectivity index (χ1) is 10.0. The highest BCUT2D eigenvalue weighted by Crippen LogP contribution is 2.19. The molecule has 0 aliphatic rings. The Morgan fingerprint density at radius 2 is 2.10 bits per heavy atom. The fourth-order valence-electron chi connectivity index (χ4n) is 1.86. The van der Waals surface area contributed by atoms with Gasteiger partial charge in [-0.15, -0.1) is 5.10 Å². The minimum Gasteiger partial charge on any atom is -0.326 e. The maximum absolute atomic E-state index is 11.8. The van der Waals surface area contributed by atoms with E-state index >= 15 is 0 Å². The minimum absolute atomic E-state index is 0.0998. The van der Waals surface area contributed by atoms with Crippen molar-refractivity contribution in [3.8, 4) is 0 Å². The van der Waals surface area contributed by atoms with Gasteiger partial charge in [0.15, 0.2) is 0 Å². The zero-order chi connectivity index (χ0) is 15.2.